The maximum atomic E-state index is 5.05. The lowest BCUT2D eigenvalue weighted by Gasteiger charge is -2.26. The quantitative estimate of drug-likeness (QED) is 0.154. The van der Waals surface area contributed by atoms with Gasteiger partial charge in [-0.1, -0.05) is 194 Å². The fraction of sp³-hybridized carbons (Fsp3) is 0.0339. The summed E-state index contributed by atoms with van der Waals surface area (Å²) in [6, 6.07) is 77.3. The molecule has 11 aromatic rings. The van der Waals surface area contributed by atoms with Crippen LogP contribution >= 0.6 is 0 Å². The molecule has 0 unspecified atom stereocenters. The lowest BCUT2D eigenvalue weighted by Crippen LogP contribution is -2.02. The highest BCUT2D eigenvalue weighted by Gasteiger charge is 2.25. The zero-order valence-electron chi connectivity index (χ0n) is 35.1. The van der Waals surface area contributed by atoms with Gasteiger partial charge in [0, 0.05) is 33.2 Å². The van der Waals surface area contributed by atoms with Crippen LogP contribution in [-0.4, -0.2) is 19.5 Å². The number of hydrogen-bond donors (Lipinski definition) is 0. The Bertz CT molecular complexity index is 3300. The zero-order valence-corrected chi connectivity index (χ0v) is 35.1. The summed E-state index contributed by atoms with van der Waals surface area (Å²) in [5.74, 6) is 1.91. The molecular formula is C59H42N4. The van der Waals surface area contributed by atoms with Crippen molar-refractivity contribution in [3.05, 3.63) is 230 Å². The summed E-state index contributed by atoms with van der Waals surface area (Å²) in [5, 5.41) is 2.50. The van der Waals surface area contributed by atoms with E-state index in [0.29, 0.717) is 17.5 Å². The van der Waals surface area contributed by atoms with Gasteiger partial charge >= 0.3 is 0 Å². The molecule has 9 aromatic carbocycles. The Hall–Kier alpha value is -8.21. The van der Waals surface area contributed by atoms with Crippen molar-refractivity contribution in [1.29, 1.82) is 0 Å². The van der Waals surface area contributed by atoms with Crippen LogP contribution in [0.3, 0.4) is 0 Å². The average molecular weight is 807 g/mol. The number of fused-ring (bicyclic) bond motifs is 3. The van der Waals surface area contributed by atoms with E-state index in [1.807, 2.05) is 60.7 Å². The van der Waals surface area contributed by atoms with Crippen LogP contribution in [0.4, 0.5) is 0 Å². The van der Waals surface area contributed by atoms with Crippen molar-refractivity contribution in [3.8, 4) is 84.4 Å². The fourth-order valence-corrected chi connectivity index (χ4v) is 9.21. The molecule has 0 radical (unpaired) electrons. The topological polar surface area (TPSA) is 43.6 Å². The summed E-state index contributed by atoms with van der Waals surface area (Å²) in [4.78, 5) is 15.0. The third-order valence-electron chi connectivity index (χ3n) is 12.3. The van der Waals surface area contributed by atoms with Gasteiger partial charge in [0.1, 0.15) is 0 Å². The van der Waals surface area contributed by atoms with Crippen molar-refractivity contribution in [3.63, 3.8) is 0 Å². The van der Waals surface area contributed by atoms with Gasteiger partial charge in [0.2, 0.25) is 0 Å². The Kier molecular flexibility index (Phi) is 9.59. The maximum absolute atomic E-state index is 5.05. The minimum Gasteiger partial charge on any atom is -0.309 e. The van der Waals surface area contributed by atoms with E-state index < -0.39 is 0 Å². The van der Waals surface area contributed by atoms with E-state index >= 15 is 0 Å². The number of aromatic nitrogens is 4. The summed E-state index contributed by atoms with van der Waals surface area (Å²) in [5.41, 5.74) is 18.3. The lowest BCUT2D eigenvalue weighted by molar-refractivity contribution is 1.07. The van der Waals surface area contributed by atoms with Gasteiger partial charge in [0.05, 0.1) is 11.0 Å². The standard InChI is InChI=1S/C59H42N4/c1-39-40(2)54(42-21-9-4-10-22-42)56(44-35-37-48(38-36-44)63-51-29-17-15-27-49(51)50-28-16-18-30-52(50)63)55(53(39)41-19-7-3-8-20-41)43-31-33-47(34-32-43)59-61-57(45-23-11-5-12-24-45)60-58(62-59)46-25-13-6-14-26-46/h3-38H,1-2H3. The highest BCUT2D eigenvalue weighted by atomic mass is 15.0. The van der Waals surface area contributed by atoms with Crippen LogP contribution in [0.15, 0.2) is 218 Å². The van der Waals surface area contributed by atoms with Crippen molar-refractivity contribution < 1.29 is 0 Å². The molecule has 0 bridgehead atoms. The van der Waals surface area contributed by atoms with Gasteiger partial charge in [-0.2, -0.15) is 0 Å². The van der Waals surface area contributed by atoms with Crippen LogP contribution in [0.5, 0.6) is 0 Å². The molecule has 0 aliphatic carbocycles. The van der Waals surface area contributed by atoms with Crippen LogP contribution in [-0.2, 0) is 0 Å². The van der Waals surface area contributed by atoms with Gasteiger partial charge in [-0.3, -0.25) is 0 Å². The van der Waals surface area contributed by atoms with E-state index in [0.717, 1.165) is 33.5 Å². The SMILES string of the molecule is Cc1c(C)c(-c2ccccc2)c(-c2ccc(-n3c4ccccc4c4ccccc43)cc2)c(-c2ccc(-c3nc(-c4ccccc4)nc(-c4ccccc4)n3)cc2)c1-c1ccccc1. The van der Waals surface area contributed by atoms with Crippen molar-refractivity contribution >= 4 is 21.8 Å². The van der Waals surface area contributed by atoms with Gasteiger partial charge in [-0.05, 0) is 93.7 Å². The zero-order chi connectivity index (χ0) is 42.3. The minimum absolute atomic E-state index is 0.628. The van der Waals surface area contributed by atoms with E-state index in [1.54, 1.807) is 0 Å². The molecule has 0 aliphatic heterocycles. The number of para-hydroxylation sites is 2. The van der Waals surface area contributed by atoms with Gasteiger partial charge in [-0.15, -0.1) is 0 Å². The molecule has 0 saturated carbocycles. The summed E-state index contributed by atoms with van der Waals surface area (Å²) in [7, 11) is 0. The second-order valence-corrected chi connectivity index (χ2v) is 16.0. The number of benzene rings is 9. The maximum Gasteiger partial charge on any atom is 0.164 e. The number of hydrogen-bond acceptors (Lipinski definition) is 3. The molecule has 0 aliphatic rings. The Morgan fingerprint density at radius 2 is 0.556 bits per heavy atom. The van der Waals surface area contributed by atoms with E-state index in [-0.39, 0.29) is 0 Å². The number of nitrogens with zero attached hydrogens (tertiary/aromatic N) is 4. The Labute approximate surface area is 367 Å². The largest absolute Gasteiger partial charge is 0.309 e. The van der Waals surface area contributed by atoms with E-state index in [4.69, 9.17) is 15.0 Å². The predicted molar refractivity (Wildman–Crippen MR) is 262 cm³/mol. The van der Waals surface area contributed by atoms with Crippen LogP contribution < -0.4 is 0 Å². The van der Waals surface area contributed by atoms with E-state index in [1.165, 1.54) is 66.3 Å². The molecule has 0 N–H and O–H groups in total. The minimum atomic E-state index is 0.628. The van der Waals surface area contributed by atoms with Crippen molar-refractivity contribution in [2.24, 2.45) is 0 Å². The molecule has 0 atom stereocenters. The van der Waals surface area contributed by atoms with Gasteiger partial charge in [0.15, 0.2) is 17.5 Å². The molecule has 0 saturated heterocycles. The first-order valence-electron chi connectivity index (χ1n) is 21.5. The van der Waals surface area contributed by atoms with Gasteiger partial charge in [-0.25, -0.2) is 15.0 Å². The van der Waals surface area contributed by atoms with Crippen LogP contribution in [0.25, 0.3) is 106 Å². The first kappa shape index (κ1) is 37.8. The van der Waals surface area contributed by atoms with Crippen molar-refractivity contribution in [2.45, 2.75) is 13.8 Å². The molecule has 0 fully saturated rings. The Morgan fingerprint density at radius 3 is 0.952 bits per heavy atom. The second kappa shape index (κ2) is 16.0. The molecule has 11 rings (SSSR count). The van der Waals surface area contributed by atoms with Gasteiger partial charge in [0.25, 0.3) is 0 Å². The predicted octanol–water partition coefficient (Wildman–Crippen LogP) is 15.3. The molecule has 0 amide bonds. The molecule has 298 valence electrons. The van der Waals surface area contributed by atoms with Crippen molar-refractivity contribution in [1.82, 2.24) is 19.5 Å². The first-order chi connectivity index (χ1) is 31.1. The highest BCUT2D eigenvalue weighted by Crippen LogP contribution is 2.50. The normalized spacial score (nSPS) is 11.3. The molecule has 2 heterocycles. The number of rotatable bonds is 8. The Morgan fingerprint density at radius 1 is 0.270 bits per heavy atom. The smallest absolute Gasteiger partial charge is 0.164 e. The summed E-state index contributed by atoms with van der Waals surface area (Å²) < 4.78 is 2.38. The molecule has 4 heteroatoms. The summed E-state index contributed by atoms with van der Waals surface area (Å²) in [6.07, 6.45) is 0. The monoisotopic (exact) mass is 806 g/mol. The lowest BCUT2D eigenvalue weighted by atomic mass is 9.78. The highest BCUT2D eigenvalue weighted by molar-refractivity contribution is 6.09. The second-order valence-electron chi connectivity index (χ2n) is 16.0. The Balaban J connectivity index is 1.13. The van der Waals surface area contributed by atoms with Crippen molar-refractivity contribution in [2.75, 3.05) is 0 Å². The first-order valence-corrected chi connectivity index (χ1v) is 21.5. The summed E-state index contributed by atoms with van der Waals surface area (Å²) in [6.45, 7) is 4.56. The third kappa shape index (κ3) is 6.79. The van der Waals surface area contributed by atoms with E-state index in [9.17, 15) is 0 Å². The van der Waals surface area contributed by atoms with Crippen LogP contribution in [0, 0.1) is 13.8 Å². The molecule has 2 aromatic heterocycles. The average Bonchev–Trinajstić information content (AvgIpc) is 3.70. The molecule has 4 nitrogen and oxygen atoms in total. The third-order valence-corrected chi connectivity index (χ3v) is 12.3. The van der Waals surface area contributed by atoms with E-state index in [2.05, 4.69) is 176 Å². The summed E-state index contributed by atoms with van der Waals surface area (Å²) >= 11 is 0. The van der Waals surface area contributed by atoms with Crippen LogP contribution in [0.1, 0.15) is 11.1 Å². The molecule has 0 spiro atoms. The molecule has 63 heavy (non-hydrogen) atoms. The fourth-order valence-electron chi connectivity index (χ4n) is 9.21. The van der Waals surface area contributed by atoms with Crippen LogP contribution in [0.2, 0.25) is 0 Å². The van der Waals surface area contributed by atoms with Gasteiger partial charge < -0.3 is 4.57 Å². The molecular weight excluding hydrogens is 765 g/mol.